The van der Waals surface area contributed by atoms with Gasteiger partial charge in [0.15, 0.2) is 5.17 Å². The third kappa shape index (κ3) is 5.30. The molecular formula is C26H28N2O4S. The number of hydrogen-bond donors (Lipinski definition) is 0. The van der Waals surface area contributed by atoms with Gasteiger partial charge < -0.3 is 9.47 Å². The number of rotatable bonds is 8. The van der Waals surface area contributed by atoms with E-state index >= 15 is 0 Å². The standard InChI is InChI=1S/C26H28N2O4S/c1-3-4-15-31-21-12-10-20(11-13-21)24-23(25(30)32-17-19-8-6-5-7-9-19)18(2)27-26-28(24)22(29)14-16-33-26/h5-13,24H,3-4,14-17H2,1-2H3/t24-/m0/s1. The Hall–Kier alpha value is -3.06. The minimum Gasteiger partial charge on any atom is -0.494 e. The van der Waals surface area contributed by atoms with Gasteiger partial charge in [0.1, 0.15) is 12.4 Å². The number of esters is 1. The van der Waals surface area contributed by atoms with E-state index in [4.69, 9.17) is 9.47 Å². The van der Waals surface area contributed by atoms with Gasteiger partial charge in [-0.1, -0.05) is 67.6 Å². The van der Waals surface area contributed by atoms with Crippen LogP contribution in [-0.4, -0.2) is 34.3 Å². The monoisotopic (exact) mass is 464 g/mol. The van der Waals surface area contributed by atoms with E-state index in [1.807, 2.05) is 54.6 Å². The Morgan fingerprint density at radius 1 is 1.15 bits per heavy atom. The average Bonchev–Trinajstić information content (AvgIpc) is 2.83. The van der Waals surface area contributed by atoms with E-state index in [1.54, 1.807) is 11.8 Å². The lowest BCUT2D eigenvalue weighted by molar-refractivity contribution is -0.141. The normalized spacial score (nSPS) is 18.0. The number of carbonyl (C=O) groups excluding carboxylic acids is 2. The highest BCUT2D eigenvalue weighted by Gasteiger charge is 2.41. The van der Waals surface area contributed by atoms with Gasteiger partial charge >= 0.3 is 5.97 Å². The summed E-state index contributed by atoms with van der Waals surface area (Å²) in [6, 6.07) is 16.6. The van der Waals surface area contributed by atoms with Gasteiger partial charge in [-0.2, -0.15) is 0 Å². The molecule has 2 aromatic carbocycles. The number of amides is 1. The Labute approximate surface area is 198 Å². The van der Waals surface area contributed by atoms with E-state index in [9.17, 15) is 9.59 Å². The topological polar surface area (TPSA) is 68.2 Å². The Bertz CT molecular complexity index is 1060. The third-order valence-corrected chi connectivity index (χ3v) is 6.56. The number of amidine groups is 1. The average molecular weight is 465 g/mol. The van der Waals surface area contributed by atoms with Crippen molar-refractivity contribution in [2.75, 3.05) is 12.4 Å². The van der Waals surface area contributed by atoms with E-state index in [0.717, 1.165) is 29.7 Å². The molecule has 1 fully saturated rings. The van der Waals surface area contributed by atoms with E-state index in [2.05, 4.69) is 11.9 Å². The van der Waals surface area contributed by atoms with Crippen molar-refractivity contribution < 1.29 is 19.1 Å². The maximum absolute atomic E-state index is 13.3. The largest absolute Gasteiger partial charge is 0.494 e. The molecule has 2 heterocycles. The van der Waals surface area contributed by atoms with E-state index in [0.29, 0.717) is 35.2 Å². The van der Waals surface area contributed by atoms with Crippen LogP contribution < -0.4 is 4.74 Å². The summed E-state index contributed by atoms with van der Waals surface area (Å²) in [5, 5.41) is 0.636. The van der Waals surface area contributed by atoms with Gasteiger partial charge in [0.05, 0.1) is 23.9 Å². The quantitative estimate of drug-likeness (QED) is 0.394. The predicted molar refractivity (Wildman–Crippen MR) is 130 cm³/mol. The van der Waals surface area contributed by atoms with E-state index in [1.165, 1.54) is 11.8 Å². The molecule has 6 nitrogen and oxygen atoms in total. The summed E-state index contributed by atoms with van der Waals surface area (Å²) in [6.07, 6.45) is 2.46. The number of benzene rings is 2. The number of carbonyl (C=O) groups is 2. The number of nitrogens with zero attached hydrogens (tertiary/aromatic N) is 2. The molecule has 7 heteroatoms. The molecule has 0 aromatic heterocycles. The fraction of sp³-hybridized carbons (Fsp3) is 0.346. The van der Waals surface area contributed by atoms with E-state index < -0.39 is 12.0 Å². The summed E-state index contributed by atoms with van der Waals surface area (Å²) in [4.78, 5) is 32.4. The van der Waals surface area contributed by atoms with Gasteiger partial charge in [-0.05, 0) is 36.6 Å². The van der Waals surface area contributed by atoms with Crippen LogP contribution in [0.15, 0.2) is 70.9 Å². The van der Waals surface area contributed by atoms with E-state index in [-0.39, 0.29) is 12.5 Å². The lowest BCUT2D eigenvalue weighted by Crippen LogP contribution is -2.45. The van der Waals surface area contributed by atoms with Crippen molar-refractivity contribution in [1.29, 1.82) is 0 Å². The lowest BCUT2D eigenvalue weighted by Gasteiger charge is -2.38. The minimum atomic E-state index is -0.578. The van der Waals surface area contributed by atoms with Gasteiger partial charge in [-0.25, -0.2) is 9.79 Å². The van der Waals surface area contributed by atoms with Gasteiger partial charge in [0.2, 0.25) is 5.91 Å². The molecule has 33 heavy (non-hydrogen) atoms. The van der Waals surface area contributed by atoms with Crippen LogP contribution >= 0.6 is 11.8 Å². The molecule has 2 aromatic rings. The van der Waals surface area contributed by atoms with Gasteiger partial charge in [-0.3, -0.25) is 9.69 Å². The summed E-state index contributed by atoms with van der Waals surface area (Å²) >= 11 is 1.54. The summed E-state index contributed by atoms with van der Waals surface area (Å²) in [6.45, 7) is 4.74. The SMILES string of the molecule is CCCCOc1ccc([C@H]2C(C(=O)OCc3ccccc3)=C(C)N=C3SCCC(=O)N32)cc1. The number of aliphatic imine (C=N–C) groups is 1. The number of unbranched alkanes of at least 4 members (excludes halogenated alkanes) is 1. The van der Waals surface area contributed by atoms with Crippen LogP contribution in [0.3, 0.4) is 0 Å². The summed E-state index contributed by atoms with van der Waals surface area (Å²) in [5.41, 5.74) is 2.70. The van der Waals surface area contributed by atoms with Crippen molar-refractivity contribution in [1.82, 2.24) is 4.90 Å². The molecular weight excluding hydrogens is 436 g/mol. The highest BCUT2D eigenvalue weighted by atomic mass is 32.2. The van der Waals surface area contributed by atoms with Crippen LogP contribution in [0, 0.1) is 0 Å². The zero-order chi connectivity index (χ0) is 23.2. The first kappa shape index (κ1) is 23.1. The molecule has 0 aliphatic carbocycles. The second-order valence-electron chi connectivity index (χ2n) is 7.99. The molecule has 172 valence electrons. The Balaban J connectivity index is 1.63. The zero-order valence-electron chi connectivity index (χ0n) is 19.0. The second-order valence-corrected chi connectivity index (χ2v) is 9.05. The van der Waals surface area contributed by atoms with Crippen molar-refractivity contribution in [3.63, 3.8) is 0 Å². The predicted octanol–water partition coefficient (Wildman–Crippen LogP) is 5.26. The molecule has 4 rings (SSSR count). The fourth-order valence-electron chi connectivity index (χ4n) is 3.85. The van der Waals surface area contributed by atoms with Crippen LogP contribution in [0.2, 0.25) is 0 Å². The number of ether oxygens (including phenoxy) is 2. The molecule has 2 aliphatic rings. The molecule has 0 saturated carbocycles. The minimum absolute atomic E-state index is 0.0402. The zero-order valence-corrected chi connectivity index (χ0v) is 19.8. The maximum Gasteiger partial charge on any atom is 0.338 e. The van der Waals surface area contributed by atoms with Crippen LogP contribution in [0.25, 0.3) is 0 Å². The fourth-order valence-corrected chi connectivity index (χ4v) is 4.86. The first-order valence-corrected chi connectivity index (χ1v) is 12.2. The first-order chi connectivity index (χ1) is 16.1. The molecule has 1 atom stereocenters. The Kier molecular flexibility index (Phi) is 7.50. The third-order valence-electron chi connectivity index (χ3n) is 5.60. The first-order valence-electron chi connectivity index (χ1n) is 11.3. The molecule has 1 saturated heterocycles. The number of thioether (sulfide) groups is 1. The molecule has 0 N–H and O–H groups in total. The number of hydrogen-bond acceptors (Lipinski definition) is 6. The van der Waals surface area contributed by atoms with Crippen molar-refractivity contribution in [3.8, 4) is 5.75 Å². The van der Waals surface area contributed by atoms with Crippen LogP contribution in [0.4, 0.5) is 0 Å². The van der Waals surface area contributed by atoms with Crippen molar-refractivity contribution in [2.24, 2.45) is 4.99 Å². The summed E-state index contributed by atoms with van der Waals surface area (Å²) < 4.78 is 11.4. The molecule has 1 amide bonds. The van der Waals surface area contributed by atoms with Crippen molar-refractivity contribution in [2.45, 2.75) is 45.8 Å². The Morgan fingerprint density at radius 3 is 2.64 bits per heavy atom. The molecule has 0 bridgehead atoms. The number of fused-ring (bicyclic) bond motifs is 1. The number of allylic oxidation sites excluding steroid dienone is 1. The molecule has 0 unspecified atom stereocenters. The maximum atomic E-state index is 13.3. The highest BCUT2D eigenvalue weighted by Crippen LogP contribution is 2.40. The van der Waals surface area contributed by atoms with Gasteiger partial charge in [0.25, 0.3) is 0 Å². The summed E-state index contributed by atoms with van der Waals surface area (Å²) in [7, 11) is 0. The Morgan fingerprint density at radius 2 is 1.91 bits per heavy atom. The van der Waals surface area contributed by atoms with Crippen molar-refractivity contribution >= 4 is 28.8 Å². The van der Waals surface area contributed by atoms with Crippen LogP contribution in [0.5, 0.6) is 5.75 Å². The van der Waals surface area contributed by atoms with Crippen LogP contribution in [-0.2, 0) is 20.9 Å². The van der Waals surface area contributed by atoms with Gasteiger partial charge in [-0.15, -0.1) is 0 Å². The summed E-state index contributed by atoms with van der Waals surface area (Å²) in [5.74, 6) is 0.953. The highest BCUT2D eigenvalue weighted by molar-refractivity contribution is 8.14. The van der Waals surface area contributed by atoms with Crippen LogP contribution in [0.1, 0.15) is 50.3 Å². The molecule has 2 aliphatic heterocycles. The van der Waals surface area contributed by atoms with Crippen molar-refractivity contribution in [3.05, 3.63) is 77.0 Å². The molecule has 0 spiro atoms. The molecule has 0 radical (unpaired) electrons. The van der Waals surface area contributed by atoms with Gasteiger partial charge in [0, 0.05) is 12.2 Å². The smallest absolute Gasteiger partial charge is 0.338 e. The lowest BCUT2D eigenvalue weighted by atomic mass is 9.94. The second kappa shape index (κ2) is 10.7.